The molecule has 25 heavy (non-hydrogen) atoms. The lowest BCUT2D eigenvalue weighted by molar-refractivity contribution is -0.152. The van der Waals surface area contributed by atoms with E-state index in [0.717, 1.165) is 29.5 Å². The molecule has 1 heterocycles. The predicted octanol–water partition coefficient (Wildman–Crippen LogP) is 3.83. The standard InChI is InChI=1S/C19H27NO4S/c1-5-13(8-9-21)10-14-6-7-15-16(11-14)25-18(20-15)24-12-19(2,3)17(22)23-4/h6-7,11,13,21H,5,8-10,12H2,1-4H3. The fourth-order valence-corrected chi connectivity index (χ4v) is 3.56. The highest BCUT2D eigenvalue weighted by atomic mass is 32.1. The first-order chi connectivity index (χ1) is 11.9. The summed E-state index contributed by atoms with van der Waals surface area (Å²) >= 11 is 1.48. The molecule has 6 heteroatoms. The Bertz CT molecular complexity index is 711. The molecule has 0 spiro atoms. The number of ether oxygens (including phenoxy) is 2. The Hall–Kier alpha value is -1.66. The minimum atomic E-state index is -0.712. The number of hydrogen-bond acceptors (Lipinski definition) is 6. The van der Waals surface area contributed by atoms with Gasteiger partial charge in [0.15, 0.2) is 0 Å². The average Bonchev–Trinajstić information content (AvgIpc) is 3.01. The van der Waals surface area contributed by atoms with Crippen LogP contribution in [0.2, 0.25) is 0 Å². The second-order valence-electron chi connectivity index (χ2n) is 6.94. The first kappa shape index (κ1) is 19.7. The van der Waals surface area contributed by atoms with Gasteiger partial charge in [-0.25, -0.2) is 4.98 Å². The van der Waals surface area contributed by atoms with Gasteiger partial charge in [-0.05, 0) is 50.3 Å². The molecule has 0 saturated carbocycles. The maximum atomic E-state index is 11.7. The molecular formula is C19H27NO4S. The summed E-state index contributed by atoms with van der Waals surface area (Å²) < 4.78 is 11.6. The van der Waals surface area contributed by atoms with Gasteiger partial charge in [0.25, 0.3) is 5.19 Å². The van der Waals surface area contributed by atoms with E-state index in [9.17, 15) is 4.79 Å². The third-order valence-corrected chi connectivity index (χ3v) is 5.30. The highest BCUT2D eigenvalue weighted by Gasteiger charge is 2.30. The number of aliphatic hydroxyl groups is 1. The Labute approximate surface area is 153 Å². The van der Waals surface area contributed by atoms with Crippen molar-refractivity contribution in [1.29, 1.82) is 0 Å². The number of methoxy groups -OCH3 is 1. The maximum Gasteiger partial charge on any atom is 0.314 e. The molecule has 0 aliphatic heterocycles. The molecule has 138 valence electrons. The van der Waals surface area contributed by atoms with E-state index in [2.05, 4.69) is 24.0 Å². The third kappa shape index (κ3) is 5.16. The molecule has 0 radical (unpaired) electrons. The van der Waals surface area contributed by atoms with Gasteiger partial charge in [-0.15, -0.1) is 0 Å². The van der Waals surface area contributed by atoms with Gasteiger partial charge < -0.3 is 14.6 Å². The van der Waals surface area contributed by atoms with Crippen LogP contribution in [0.3, 0.4) is 0 Å². The monoisotopic (exact) mass is 365 g/mol. The van der Waals surface area contributed by atoms with Crippen molar-refractivity contribution >= 4 is 27.5 Å². The van der Waals surface area contributed by atoms with Crippen LogP contribution in [0.4, 0.5) is 0 Å². The summed E-state index contributed by atoms with van der Waals surface area (Å²) in [6.07, 6.45) is 2.84. The molecule has 1 aromatic heterocycles. The summed E-state index contributed by atoms with van der Waals surface area (Å²) in [4.78, 5) is 16.2. The van der Waals surface area contributed by atoms with E-state index < -0.39 is 5.41 Å². The van der Waals surface area contributed by atoms with Crippen molar-refractivity contribution in [2.75, 3.05) is 20.3 Å². The number of carbonyl (C=O) groups excluding carboxylic acids is 1. The molecule has 1 atom stereocenters. The van der Waals surface area contributed by atoms with Gasteiger partial charge in [0.05, 0.1) is 22.7 Å². The van der Waals surface area contributed by atoms with E-state index in [1.54, 1.807) is 13.8 Å². The van der Waals surface area contributed by atoms with Crippen molar-refractivity contribution in [1.82, 2.24) is 4.98 Å². The molecule has 1 aromatic carbocycles. The van der Waals surface area contributed by atoms with Crippen molar-refractivity contribution in [3.63, 3.8) is 0 Å². The van der Waals surface area contributed by atoms with Crippen LogP contribution in [0, 0.1) is 11.3 Å². The summed E-state index contributed by atoms with van der Waals surface area (Å²) in [6, 6.07) is 6.24. The van der Waals surface area contributed by atoms with Gasteiger partial charge in [0.2, 0.25) is 0 Å². The molecule has 0 aliphatic rings. The van der Waals surface area contributed by atoms with Gasteiger partial charge in [0.1, 0.15) is 6.61 Å². The van der Waals surface area contributed by atoms with Crippen molar-refractivity contribution in [2.24, 2.45) is 11.3 Å². The van der Waals surface area contributed by atoms with Crippen LogP contribution in [-0.4, -0.2) is 36.4 Å². The molecular weight excluding hydrogens is 338 g/mol. The zero-order chi connectivity index (χ0) is 18.4. The number of aliphatic hydroxyl groups excluding tert-OH is 1. The van der Waals surface area contributed by atoms with Crippen LogP contribution in [0.5, 0.6) is 5.19 Å². The molecule has 1 unspecified atom stereocenters. The number of aromatic nitrogens is 1. The van der Waals surface area contributed by atoms with Gasteiger partial charge in [-0.1, -0.05) is 30.7 Å². The van der Waals surface area contributed by atoms with Gasteiger partial charge >= 0.3 is 5.97 Å². The molecule has 2 rings (SSSR count). The molecule has 0 fully saturated rings. The number of rotatable bonds is 9. The quantitative estimate of drug-likeness (QED) is 0.684. The molecule has 0 aliphatic carbocycles. The van der Waals surface area contributed by atoms with E-state index in [0.29, 0.717) is 11.1 Å². The maximum absolute atomic E-state index is 11.7. The number of hydrogen-bond donors (Lipinski definition) is 1. The topological polar surface area (TPSA) is 68.7 Å². The molecule has 5 nitrogen and oxygen atoms in total. The Kier molecular flexibility index (Phi) is 6.79. The number of thiazole rings is 1. The first-order valence-electron chi connectivity index (χ1n) is 8.61. The number of fused-ring (bicyclic) bond motifs is 1. The fourth-order valence-electron chi connectivity index (χ4n) is 2.68. The number of esters is 1. The summed E-state index contributed by atoms with van der Waals surface area (Å²) in [5, 5.41) is 9.71. The van der Waals surface area contributed by atoms with Crippen LogP contribution in [0.1, 0.15) is 39.2 Å². The zero-order valence-corrected chi connectivity index (χ0v) is 16.2. The van der Waals surface area contributed by atoms with E-state index in [1.807, 2.05) is 6.07 Å². The van der Waals surface area contributed by atoms with Crippen LogP contribution in [0.25, 0.3) is 10.2 Å². The summed E-state index contributed by atoms with van der Waals surface area (Å²) in [5.41, 5.74) is 1.43. The highest BCUT2D eigenvalue weighted by Crippen LogP contribution is 2.31. The van der Waals surface area contributed by atoms with Crippen LogP contribution in [-0.2, 0) is 16.0 Å². The summed E-state index contributed by atoms with van der Waals surface area (Å²) in [7, 11) is 1.38. The van der Waals surface area contributed by atoms with Crippen LogP contribution >= 0.6 is 11.3 Å². The number of nitrogens with zero attached hydrogens (tertiary/aromatic N) is 1. The van der Waals surface area contributed by atoms with Gasteiger partial charge in [0, 0.05) is 6.61 Å². The van der Waals surface area contributed by atoms with Crippen molar-refractivity contribution in [2.45, 2.75) is 40.0 Å². The molecule has 0 amide bonds. The normalized spacial score (nSPS) is 13.0. The van der Waals surface area contributed by atoms with Crippen molar-refractivity contribution in [3.8, 4) is 5.19 Å². The summed E-state index contributed by atoms with van der Waals surface area (Å²) in [5.74, 6) is 0.192. The molecule has 2 aromatic rings. The average molecular weight is 365 g/mol. The smallest absolute Gasteiger partial charge is 0.314 e. The second kappa shape index (κ2) is 8.63. The minimum Gasteiger partial charge on any atom is -0.469 e. The Morgan fingerprint density at radius 3 is 2.80 bits per heavy atom. The van der Waals surface area contributed by atoms with E-state index in [1.165, 1.54) is 24.0 Å². The molecule has 0 saturated heterocycles. The van der Waals surface area contributed by atoms with Crippen LogP contribution in [0.15, 0.2) is 18.2 Å². The highest BCUT2D eigenvalue weighted by molar-refractivity contribution is 7.20. The SMILES string of the molecule is CCC(CCO)Cc1ccc2nc(OCC(C)(C)C(=O)OC)sc2c1. The Morgan fingerprint density at radius 2 is 2.16 bits per heavy atom. The minimum absolute atomic E-state index is 0.223. The van der Waals surface area contributed by atoms with Crippen molar-refractivity contribution in [3.05, 3.63) is 23.8 Å². The Balaban J connectivity index is 2.08. The lowest BCUT2D eigenvalue weighted by atomic mass is 9.94. The predicted molar refractivity (Wildman–Crippen MR) is 100 cm³/mol. The summed E-state index contributed by atoms with van der Waals surface area (Å²) in [6.45, 7) is 6.18. The first-order valence-corrected chi connectivity index (χ1v) is 9.42. The second-order valence-corrected chi connectivity index (χ2v) is 7.93. The van der Waals surface area contributed by atoms with Crippen molar-refractivity contribution < 1.29 is 19.4 Å². The van der Waals surface area contributed by atoms with E-state index >= 15 is 0 Å². The molecule has 0 bridgehead atoms. The lowest BCUT2D eigenvalue weighted by Gasteiger charge is -2.20. The number of benzene rings is 1. The third-order valence-electron chi connectivity index (χ3n) is 4.37. The van der Waals surface area contributed by atoms with Gasteiger partial charge in [-0.3, -0.25) is 4.79 Å². The fraction of sp³-hybridized carbons (Fsp3) is 0.579. The van der Waals surface area contributed by atoms with E-state index in [-0.39, 0.29) is 19.2 Å². The Morgan fingerprint density at radius 1 is 1.40 bits per heavy atom. The number of carbonyl (C=O) groups is 1. The molecule has 1 N–H and O–H groups in total. The van der Waals surface area contributed by atoms with E-state index in [4.69, 9.17) is 14.6 Å². The van der Waals surface area contributed by atoms with Crippen LogP contribution < -0.4 is 4.74 Å². The zero-order valence-electron chi connectivity index (χ0n) is 15.4. The van der Waals surface area contributed by atoms with Gasteiger partial charge in [-0.2, -0.15) is 0 Å². The lowest BCUT2D eigenvalue weighted by Crippen LogP contribution is -2.32. The largest absolute Gasteiger partial charge is 0.469 e.